The van der Waals surface area contributed by atoms with E-state index in [2.05, 4.69) is 20.6 Å². The first-order valence-electron chi connectivity index (χ1n) is 8.95. The molecule has 0 saturated carbocycles. The third-order valence-corrected chi connectivity index (χ3v) is 7.09. The zero-order valence-corrected chi connectivity index (χ0v) is 18.6. The molecule has 0 spiro atoms. The molecule has 2 aromatic heterocycles. The smallest absolute Gasteiger partial charge is 0.232 e. The van der Waals surface area contributed by atoms with Crippen molar-refractivity contribution in [2.45, 2.75) is 18.2 Å². The molecule has 4 rings (SSSR count). The molecule has 7 nitrogen and oxygen atoms in total. The Balaban J connectivity index is 1.38. The van der Waals surface area contributed by atoms with Crippen molar-refractivity contribution in [1.82, 2.24) is 9.97 Å². The van der Waals surface area contributed by atoms with Crippen LogP contribution in [0.5, 0.6) is 0 Å². The van der Waals surface area contributed by atoms with Crippen molar-refractivity contribution in [2.24, 2.45) is 0 Å². The van der Waals surface area contributed by atoms with Crippen LogP contribution in [0.4, 0.5) is 16.0 Å². The quantitative estimate of drug-likeness (QED) is 0.444. The molecular weight excluding hydrogens is 440 g/mol. The minimum atomic E-state index is -3.23. The van der Waals surface area contributed by atoms with E-state index in [1.54, 1.807) is 24.3 Å². The van der Waals surface area contributed by atoms with Gasteiger partial charge in [0, 0.05) is 17.3 Å². The molecule has 0 radical (unpaired) electrons. The fourth-order valence-electron chi connectivity index (χ4n) is 2.77. The third-order valence-electron chi connectivity index (χ3n) is 4.22. The van der Waals surface area contributed by atoms with E-state index in [-0.39, 0.29) is 17.2 Å². The highest BCUT2D eigenvalue weighted by Crippen LogP contribution is 2.27. The van der Waals surface area contributed by atoms with Gasteiger partial charge in [0.05, 0.1) is 27.2 Å². The first kappa shape index (κ1) is 20.5. The Morgan fingerprint density at radius 3 is 2.57 bits per heavy atom. The number of carbonyl (C=O) groups excluding carboxylic acids is 1. The number of amides is 1. The summed E-state index contributed by atoms with van der Waals surface area (Å²) < 4.78 is 24.1. The Labute approximate surface area is 181 Å². The molecule has 2 N–H and O–H groups in total. The van der Waals surface area contributed by atoms with Crippen LogP contribution >= 0.6 is 22.7 Å². The van der Waals surface area contributed by atoms with Gasteiger partial charge in [-0.1, -0.05) is 17.4 Å². The average Bonchev–Trinajstić information content (AvgIpc) is 3.27. The maximum absolute atomic E-state index is 12.4. The van der Waals surface area contributed by atoms with Crippen LogP contribution in [0.1, 0.15) is 11.3 Å². The lowest BCUT2D eigenvalue weighted by Gasteiger charge is -2.04. The number of nitrogens with zero attached hydrogens (tertiary/aromatic N) is 2. The number of benzene rings is 2. The minimum absolute atomic E-state index is 0.139. The van der Waals surface area contributed by atoms with Gasteiger partial charge in [-0.05, 0) is 48.9 Å². The van der Waals surface area contributed by atoms with E-state index in [1.807, 2.05) is 30.5 Å². The van der Waals surface area contributed by atoms with Crippen LogP contribution < -0.4 is 10.6 Å². The van der Waals surface area contributed by atoms with Crippen molar-refractivity contribution in [2.75, 3.05) is 16.9 Å². The average molecular weight is 459 g/mol. The molecule has 0 aliphatic rings. The maximum atomic E-state index is 12.4. The zero-order chi connectivity index (χ0) is 21.3. The van der Waals surface area contributed by atoms with Gasteiger partial charge in [0.25, 0.3) is 0 Å². The molecule has 4 aromatic rings. The number of sulfone groups is 1. The van der Waals surface area contributed by atoms with E-state index in [0.717, 1.165) is 21.5 Å². The van der Waals surface area contributed by atoms with E-state index in [4.69, 9.17) is 0 Å². The molecule has 10 heteroatoms. The van der Waals surface area contributed by atoms with Crippen molar-refractivity contribution in [1.29, 1.82) is 0 Å². The zero-order valence-electron chi connectivity index (χ0n) is 16.2. The second kappa shape index (κ2) is 8.13. The summed E-state index contributed by atoms with van der Waals surface area (Å²) in [5.74, 6) is -0.180. The highest BCUT2D eigenvalue weighted by Gasteiger charge is 2.12. The van der Waals surface area contributed by atoms with Gasteiger partial charge in [-0.3, -0.25) is 4.79 Å². The largest absolute Gasteiger partial charge is 0.332 e. The van der Waals surface area contributed by atoms with Gasteiger partial charge in [0.15, 0.2) is 20.1 Å². The van der Waals surface area contributed by atoms with Crippen LogP contribution in [0.15, 0.2) is 52.7 Å². The van der Waals surface area contributed by atoms with Crippen molar-refractivity contribution < 1.29 is 13.2 Å². The van der Waals surface area contributed by atoms with Gasteiger partial charge in [-0.15, -0.1) is 11.3 Å². The van der Waals surface area contributed by atoms with Gasteiger partial charge >= 0.3 is 0 Å². The first-order chi connectivity index (χ1) is 14.3. The van der Waals surface area contributed by atoms with Crippen molar-refractivity contribution in [3.8, 4) is 0 Å². The maximum Gasteiger partial charge on any atom is 0.232 e. The molecule has 0 saturated heterocycles. The Bertz CT molecular complexity index is 1330. The first-order valence-corrected chi connectivity index (χ1v) is 12.5. The third kappa shape index (κ3) is 4.84. The number of rotatable bonds is 6. The molecule has 154 valence electrons. The fraction of sp³-hybridized carbons (Fsp3) is 0.150. The molecule has 1 amide bonds. The summed E-state index contributed by atoms with van der Waals surface area (Å²) in [7, 11) is -3.23. The number of hydrogen-bond donors (Lipinski definition) is 2. The van der Waals surface area contributed by atoms with E-state index >= 15 is 0 Å². The molecule has 0 unspecified atom stereocenters. The Kier molecular flexibility index (Phi) is 5.54. The number of fused-ring (bicyclic) bond motifs is 1. The van der Waals surface area contributed by atoms with E-state index in [0.29, 0.717) is 16.0 Å². The van der Waals surface area contributed by atoms with Gasteiger partial charge in [0.2, 0.25) is 5.91 Å². The normalized spacial score (nSPS) is 11.5. The minimum Gasteiger partial charge on any atom is -0.332 e. The van der Waals surface area contributed by atoms with Gasteiger partial charge in [-0.25, -0.2) is 18.4 Å². The standard InChI is InChI=1S/C20H18N4O3S3/c1-12-3-8-16-17(9-12)29-20(23-16)24-18(25)10-14-11-28-19(22-14)21-13-4-6-15(7-5-13)30(2,26)27/h3-9,11H,10H2,1-2H3,(H,21,22)(H,23,24,25). The lowest BCUT2D eigenvalue weighted by Crippen LogP contribution is -2.14. The monoisotopic (exact) mass is 458 g/mol. The number of carbonyl (C=O) groups is 1. The number of thiazole rings is 2. The van der Waals surface area contributed by atoms with Crippen molar-refractivity contribution in [3.63, 3.8) is 0 Å². The molecule has 0 aliphatic carbocycles. The molecule has 0 fully saturated rings. The summed E-state index contributed by atoms with van der Waals surface area (Å²) in [5, 5.41) is 8.96. The second-order valence-corrected chi connectivity index (χ2v) is 10.7. The molecular formula is C20H18N4O3S3. The highest BCUT2D eigenvalue weighted by molar-refractivity contribution is 7.90. The van der Waals surface area contributed by atoms with Crippen LogP contribution in [0.25, 0.3) is 10.2 Å². The molecule has 0 bridgehead atoms. The Morgan fingerprint density at radius 2 is 1.83 bits per heavy atom. The SMILES string of the molecule is Cc1ccc2nc(NC(=O)Cc3csc(Nc4ccc(S(C)(=O)=O)cc4)n3)sc2c1. The van der Waals surface area contributed by atoms with Crippen LogP contribution in [0, 0.1) is 6.92 Å². The van der Waals surface area contributed by atoms with Crippen molar-refractivity contribution >= 4 is 64.6 Å². The van der Waals surface area contributed by atoms with Gasteiger partial charge in [-0.2, -0.15) is 0 Å². The van der Waals surface area contributed by atoms with Gasteiger partial charge < -0.3 is 10.6 Å². The summed E-state index contributed by atoms with van der Waals surface area (Å²) in [4.78, 5) is 21.5. The molecule has 30 heavy (non-hydrogen) atoms. The highest BCUT2D eigenvalue weighted by atomic mass is 32.2. The molecule has 0 atom stereocenters. The molecule has 0 aliphatic heterocycles. The van der Waals surface area contributed by atoms with E-state index in [1.165, 1.54) is 28.9 Å². The molecule has 2 heterocycles. The van der Waals surface area contributed by atoms with E-state index in [9.17, 15) is 13.2 Å². The Hall–Kier alpha value is -2.82. The number of nitrogens with one attached hydrogen (secondary N) is 2. The van der Waals surface area contributed by atoms with Crippen LogP contribution in [-0.2, 0) is 21.1 Å². The summed E-state index contributed by atoms with van der Waals surface area (Å²) in [6.07, 6.45) is 1.31. The fourth-order valence-corrected chi connectivity index (χ4v) is 5.11. The van der Waals surface area contributed by atoms with Crippen molar-refractivity contribution in [3.05, 3.63) is 59.1 Å². The Morgan fingerprint density at radius 1 is 1.07 bits per heavy atom. The van der Waals surface area contributed by atoms with Gasteiger partial charge in [0.1, 0.15) is 0 Å². The summed E-state index contributed by atoms with van der Waals surface area (Å²) in [6, 6.07) is 12.4. The number of aryl methyl sites for hydroxylation is 1. The van der Waals surface area contributed by atoms with E-state index < -0.39 is 9.84 Å². The number of anilines is 3. The van der Waals surface area contributed by atoms with Crippen LogP contribution in [0.3, 0.4) is 0 Å². The number of aromatic nitrogens is 2. The predicted molar refractivity (Wildman–Crippen MR) is 122 cm³/mol. The molecule has 2 aromatic carbocycles. The summed E-state index contributed by atoms with van der Waals surface area (Å²) in [6.45, 7) is 2.02. The second-order valence-electron chi connectivity index (χ2n) is 6.78. The lowest BCUT2D eigenvalue weighted by atomic mass is 10.2. The van der Waals surface area contributed by atoms with Crippen LogP contribution in [-0.4, -0.2) is 30.5 Å². The van der Waals surface area contributed by atoms with Crippen LogP contribution in [0.2, 0.25) is 0 Å². The summed E-state index contributed by atoms with van der Waals surface area (Å²) >= 11 is 2.82. The summed E-state index contributed by atoms with van der Waals surface area (Å²) in [5.41, 5.74) is 3.38. The predicted octanol–water partition coefficient (Wildman–Crippen LogP) is 4.39. The topological polar surface area (TPSA) is 101 Å². The number of hydrogen-bond acceptors (Lipinski definition) is 8. The lowest BCUT2D eigenvalue weighted by molar-refractivity contribution is -0.115.